The highest BCUT2D eigenvalue weighted by atomic mass is 16.6. The number of rotatable bonds is 8. The number of carbonyl (C=O) groups excluding carboxylic acids is 3. The van der Waals surface area contributed by atoms with Crippen LogP contribution >= 0.6 is 0 Å². The number of anilines is 1. The van der Waals surface area contributed by atoms with Gasteiger partial charge in [0.15, 0.2) is 6.04 Å². The number of piperidine rings is 1. The molecule has 46 heavy (non-hydrogen) atoms. The fourth-order valence-electron chi connectivity index (χ4n) is 6.02. The van der Waals surface area contributed by atoms with E-state index in [1.807, 2.05) is 42.5 Å². The lowest BCUT2D eigenvalue weighted by molar-refractivity contribution is -0.166. The van der Waals surface area contributed by atoms with Crippen LogP contribution in [0.25, 0.3) is 0 Å². The molecule has 5 rings (SSSR count). The summed E-state index contributed by atoms with van der Waals surface area (Å²) in [5.41, 5.74) is 1.61. The number of hydrogen-bond donors (Lipinski definition) is 1. The second kappa shape index (κ2) is 13.6. The quantitative estimate of drug-likeness (QED) is 0.309. The van der Waals surface area contributed by atoms with Gasteiger partial charge in [-0.2, -0.15) is 0 Å². The van der Waals surface area contributed by atoms with Crippen LogP contribution in [0.15, 0.2) is 72.9 Å². The highest BCUT2D eigenvalue weighted by Gasteiger charge is 2.56. The van der Waals surface area contributed by atoms with Crippen LogP contribution in [0.5, 0.6) is 5.75 Å². The van der Waals surface area contributed by atoms with Gasteiger partial charge < -0.3 is 19.5 Å². The smallest absolute Gasteiger partial charge is 0.416 e. The first-order valence-electron chi connectivity index (χ1n) is 15.5. The van der Waals surface area contributed by atoms with Gasteiger partial charge in [0, 0.05) is 12.7 Å². The second-order valence-electron chi connectivity index (χ2n) is 12.6. The predicted octanol–water partition coefficient (Wildman–Crippen LogP) is 5.83. The normalized spacial score (nSPS) is 19.7. The van der Waals surface area contributed by atoms with E-state index in [1.165, 1.54) is 11.1 Å². The number of amides is 4. The van der Waals surface area contributed by atoms with E-state index >= 15 is 0 Å². The molecule has 2 aliphatic heterocycles. The number of nitrogens with zero attached hydrogens (tertiary/aromatic N) is 4. The Labute approximate surface area is 268 Å². The summed E-state index contributed by atoms with van der Waals surface area (Å²) >= 11 is 0. The number of ether oxygens (including phenoxy) is 2. The summed E-state index contributed by atoms with van der Waals surface area (Å²) in [5, 5.41) is 10.2. The minimum Gasteiger partial charge on any atom is -0.497 e. The van der Waals surface area contributed by atoms with Gasteiger partial charge >= 0.3 is 18.1 Å². The SMILES string of the molecule is COc1ccc(CN(C(=O)OC(C)(C)C)c2cc(C[C@H]3C(=O)N(C(=O)N4CCCCC4c4ccccc4)[C@@H]3C(=O)O)ccn2)cc1. The Morgan fingerprint density at radius 3 is 2.37 bits per heavy atom. The van der Waals surface area contributed by atoms with Gasteiger partial charge in [-0.1, -0.05) is 42.5 Å². The van der Waals surface area contributed by atoms with Crippen molar-refractivity contribution in [3.63, 3.8) is 0 Å². The summed E-state index contributed by atoms with van der Waals surface area (Å²) in [7, 11) is 1.57. The molecule has 0 aliphatic carbocycles. The molecule has 2 saturated heterocycles. The topological polar surface area (TPSA) is 130 Å². The van der Waals surface area contributed by atoms with Gasteiger partial charge in [-0.3, -0.25) is 9.69 Å². The molecule has 0 saturated carbocycles. The van der Waals surface area contributed by atoms with E-state index in [4.69, 9.17) is 9.47 Å². The van der Waals surface area contributed by atoms with E-state index in [9.17, 15) is 24.3 Å². The van der Waals surface area contributed by atoms with Crippen molar-refractivity contribution >= 4 is 29.8 Å². The van der Waals surface area contributed by atoms with E-state index < -0.39 is 41.6 Å². The van der Waals surface area contributed by atoms with Crippen LogP contribution in [0.4, 0.5) is 15.4 Å². The number of methoxy groups -OCH3 is 1. The fourth-order valence-corrected chi connectivity index (χ4v) is 6.02. The molecule has 2 aliphatic rings. The van der Waals surface area contributed by atoms with E-state index in [2.05, 4.69) is 4.98 Å². The van der Waals surface area contributed by atoms with Gasteiger partial charge in [0.25, 0.3) is 0 Å². The lowest BCUT2D eigenvalue weighted by atomic mass is 9.82. The molecule has 3 heterocycles. The Hall–Kier alpha value is -4.93. The largest absolute Gasteiger partial charge is 0.497 e. The lowest BCUT2D eigenvalue weighted by Gasteiger charge is -2.47. The monoisotopic (exact) mass is 628 g/mol. The average Bonchev–Trinajstić information content (AvgIpc) is 3.04. The summed E-state index contributed by atoms with van der Waals surface area (Å²) in [5.74, 6) is -1.76. The van der Waals surface area contributed by atoms with Gasteiger partial charge in [0.05, 0.1) is 25.6 Å². The van der Waals surface area contributed by atoms with E-state index in [0.29, 0.717) is 17.9 Å². The maximum atomic E-state index is 13.7. The number of carboxylic acid groups (broad SMARTS) is 1. The summed E-state index contributed by atoms with van der Waals surface area (Å²) in [6.45, 7) is 5.91. The van der Waals surface area contributed by atoms with Gasteiger partial charge in [-0.15, -0.1) is 0 Å². The molecule has 11 nitrogen and oxygen atoms in total. The first-order chi connectivity index (χ1) is 22.0. The number of benzene rings is 2. The van der Waals surface area contributed by atoms with Crippen LogP contribution in [-0.4, -0.2) is 69.2 Å². The molecular weight excluding hydrogens is 588 g/mol. The first-order valence-corrected chi connectivity index (χ1v) is 15.5. The Balaban J connectivity index is 1.36. The van der Waals surface area contributed by atoms with Gasteiger partial charge in [-0.25, -0.2) is 24.3 Å². The molecule has 1 unspecified atom stereocenters. The van der Waals surface area contributed by atoms with Crippen LogP contribution in [0.3, 0.4) is 0 Å². The molecular formula is C35H40N4O7. The number of pyridine rings is 1. The maximum Gasteiger partial charge on any atom is 0.416 e. The Morgan fingerprint density at radius 1 is 1.00 bits per heavy atom. The summed E-state index contributed by atoms with van der Waals surface area (Å²) in [6.07, 6.45) is 3.41. The van der Waals surface area contributed by atoms with Crippen molar-refractivity contribution < 1.29 is 33.8 Å². The molecule has 11 heteroatoms. The Bertz CT molecular complexity index is 1570. The fraction of sp³-hybridized carbons (Fsp3) is 0.400. The van der Waals surface area contributed by atoms with E-state index in [1.54, 1.807) is 57.0 Å². The summed E-state index contributed by atoms with van der Waals surface area (Å²) in [4.78, 5) is 61.4. The van der Waals surface area contributed by atoms with Gasteiger partial charge in [0.2, 0.25) is 5.91 Å². The van der Waals surface area contributed by atoms with Gasteiger partial charge in [-0.05, 0) is 87.4 Å². The van der Waals surface area contributed by atoms with Crippen molar-refractivity contribution in [2.45, 2.75) is 70.7 Å². The molecule has 4 amide bonds. The van der Waals surface area contributed by atoms with Crippen molar-refractivity contribution in [2.24, 2.45) is 5.92 Å². The Kier molecular flexibility index (Phi) is 9.60. The van der Waals surface area contributed by atoms with Crippen molar-refractivity contribution in [2.75, 3.05) is 18.6 Å². The molecule has 3 atom stereocenters. The number of aliphatic carboxylic acids is 1. The van der Waals surface area contributed by atoms with Gasteiger partial charge in [0.1, 0.15) is 17.2 Å². The van der Waals surface area contributed by atoms with Crippen molar-refractivity contribution in [3.05, 3.63) is 89.6 Å². The maximum absolute atomic E-state index is 13.7. The van der Waals surface area contributed by atoms with Crippen molar-refractivity contribution in [1.29, 1.82) is 0 Å². The molecule has 2 aromatic carbocycles. The number of carbonyl (C=O) groups is 4. The second-order valence-corrected chi connectivity index (χ2v) is 12.6. The predicted molar refractivity (Wildman–Crippen MR) is 170 cm³/mol. The average molecular weight is 629 g/mol. The van der Waals surface area contributed by atoms with E-state index in [-0.39, 0.29) is 24.8 Å². The number of β-lactam (4-membered cyclic amide) rings is 1. The van der Waals surface area contributed by atoms with Crippen LogP contribution in [0, 0.1) is 5.92 Å². The van der Waals surface area contributed by atoms with Crippen LogP contribution in [0.2, 0.25) is 0 Å². The molecule has 0 radical (unpaired) electrons. The van der Waals surface area contributed by atoms with Crippen molar-refractivity contribution in [1.82, 2.24) is 14.8 Å². The number of carboxylic acids is 1. The zero-order chi connectivity index (χ0) is 33.0. The zero-order valence-corrected chi connectivity index (χ0v) is 26.6. The zero-order valence-electron chi connectivity index (χ0n) is 26.6. The standard InChI is InChI=1S/C35H40N4O7/c1-35(2,3)46-34(44)38(22-23-13-15-26(45-4)16-14-23)29-21-24(17-18-36-29)20-27-30(32(41)42)39(31(27)40)33(43)37-19-9-8-12-28(37)25-10-6-5-7-11-25/h5-7,10-11,13-18,21,27-28,30H,8-9,12,19-20,22H2,1-4H3,(H,41,42)/t27-,28?,30+/m1/s1. The third-order valence-corrected chi connectivity index (χ3v) is 8.26. The number of hydrogen-bond acceptors (Lipinski definition) is 7. The molecule has 0 spiro atoms. The Morgan fingerprint density at radius 2 is 1.72 bits per heavy atom. The number of likely N-dealkylation sites (tertiary alicyclic amines) is 2. The number of imide groups is 1. The summed E-state index contributed by atoms with van der Waals surface area (Å²) < 4.78 is 10.9. The highest BCUT2D eigenvalue weighted by Crippen LogP contribution is 2.37. The molecule has 3 aromatic rings. The third kappa shape index (κ3) is 7.14. The first kappa shape index (κ1) is 32.5. The van der Waals surface area contributed by atoms with E-state index in [0.717, 1.165) is 35.3 Å². The number of aromatic nitrogens is 1. The molecule has 242 valence electrons. The highest BCUT2D eigenvalue weighted by molar-refractivity contribution is 6.07. The van der Waals surface area contributed by atoms with Crippen LogP contribution in [-0.2, 0) is 27.3 Å². The summed E-state index contributed by atoms with van der Waals surface area (Å²) in [6, 6.07) is 18.1. The third-order valence-electron chi connectivity index (χ3n) is 8.26. The molecule has 1 N–H and O–H groups in total. The lowest BCUT2D eigenvalue weighted by Crippen LogP contribution is -2.69. The molecule has 1 aromatic heterocycles. The minimum absolute atomic E-state index is 0.0574. The van der Waals surface area contributed by atoms with Crippen LogP contribution < -0.4 is 9.64 Å². The molecule has 0 bridgehead atoms. The molecule has 2 fully saturated rings. The van der Waals surface area contributed by atoms with Crippen molar-refractivity contribution in [3.8, 4) is 5.75 Å². The number of urea groups is 1. The van der Waals surface area contributed by atoms with Crippen LogP contribution in [0.1, 0.15) is 62.8 Å². The minimum atomic E-state index is -1.31.